The molecule has 1 saturated heterocycles. The van der Waals surface area contributed by atoms with Gasteiger partial charge < -0.3 is 9.31 Å². The Balaban J connectivity index is 0.000000133. The first-order valence-corrected chi connectivity index (χ1v) is 45.8. The first kappa shape index (κ1) is 83.3. The van der Waals surface area contributed by atoms with E-state index in [1.54, 1.807) is 22.7 Å². The van der Waals surface area contributed by atoms with E-state index < -0.39 is 18.3 Å². The van der Waals surface area contributed by atoms with Crippen LogP contribution in [-0.4, -0.2) is 68.2 Å². The molecule has 0 radical (unpaired) electrons. The van der Waals surface area contributed by atoms with Gasteiger partial charge in [0, 0.05) is 70.2 Å². The third-order valence-electron chi connectivity index (χ3n) is 24.1. The van der Waals surface area contributed by atoms with E-state index in [0.717, 1.165) is 165 Å². The summed E-state index contributed by atoms with van der Waals surface area (Å²) in [5, 5.41) is 2.54. The van der Waals surface area contributed by atoms with Crippen LogP contribution in [0.4, 0.5) is 0 Å². The Morgan fingerprint density at radius 1 is 0.212 bits per heavy atom. The summed E-state index contributed by atoms with van der Waals surface area (Å²) < 4.78 is 17.8. The van der Waals surface area contributed by atoms with Crippen LogP contribution >= 0.6 is 34.3 Å². The van der Waals surface area contributed by atoms with E-state index >= 15 is 0 Å². The molecule has 16 heteroatoms. The molecule has 0 amide bonds. The van der Waals surface area contributed by atoms with Gasteiger partial charge in [-0.1, -0.05) is 352 Å². The van der Waals surface area contributed by atoms with Gasteiger partial charge in [-0.15, -0.1) is 22.7 Å². The van der Waals surface area contributed by atoms with Gasteiger partial charge in [-0.2, -0.15) is 0 Å². The molecule has 1 aliphatic heterocycles. The van der Waals surface area contributed by atoms with Crippen LogP contribution in [0.2, 0.25) is 5.28 Å². The molecule has 16 aromatic carbocycles. The Hall–Kier alpha value is -15.6. The maximum absolute atomic E-state index is 6.63. The van der Waals surface area contributed by atoms with E-state index in [1.165, 1.54) is 9.40 Å². The summed E-state index contributed by atoms with van der Waals surface area (Å²) in [6.45, 7) is 8.32. The van der Waals surface area contributed by atoms with Crippen molar-refractivity contribution in [1.82, 2.24) is 49.8 Å². The van der Waals surface area contributed by atoms with Crippen LogP contribution in [0.5, 0.6) is 0 Å². The Morgan fingerprint density at radius 3 is 0.758 bits per heavy atom. The number of rotatable bonds is 16. The highest BCUT2D eigenvalue weighted by molar-refractivity contribution is 7.26. The van der Waals surface area contributed by atoms with Gasteiger partial charge in [0.1, 0.15) is 0 Å². The minimum atomic E-state index is -0.580. The minimum absolute atomic E-state index is 0.292. The lowest BCUT2D eigenvalue weighted by molar-refractivity contribution is 0.00578. The third-order valence-corrected chi connectivity index (χ3v) is 26.6. The number of thiophene rings is 2. The van der Waals surface area contributed by atoms with Gasteiger partial charge in [0.15, 0.2) is 40.8 Å². The average molecular weight is 1760 g/mol. The Morgan fingerprint density at radius 2 is 0.432 bits per heavy atom. The Labute approximate surface area is 778 Å². The number of fused-ring (bicyclic) bond motifs is 6. The molecule has 6 aromatic heterocycles. The smallest absolute Gasteiger partial charge is 0.399 e. The summed E-state index contributed by atoms with van der Waals surface area (Å²) in [6.07, 6.45) is 0. The van der Waals surface area contributed by atoms with Gasteiger partial charge in [0.2, 0.25) is 5.28 Å². The molecular weight excluding hydrogens is 1680 g/mol. The molecule has 0 atom stereocenters. The van der Waals surface area contributed by atoms with E-state index in [9.17, 15) is 0 Å². The molecule has 22 aromatic rings. The van der Waals surface area contributed by atoms with E-state index in [4.69, 9.17) is 60.8 Å². The van der Waals surface area contributed by atoms with E-state index in [0.29, 0.717) is 46.1 Å². The molecule has 1 aliphatic rings. The number of hydrogen-bond donors (Lipinski definition) is 0. The molecule has 132 heavy (non-hydrogen) atoms. The summed E-state index contributed by atoms with van der Waals surface area (Å²) in [5.41, 5.74) is 25.1. The van der Waals surface area contributed by atoms with Gasteiger partial charge in [-0.25, -0.2) is 49.8 Å². The predicted octanol–water partition coefficient (Wildman–Crippen LogP) is 29.7. The standard InChI is InChI=1S/C55H35N5S.C45H38BN3O2.C16H9ClN2S/c1-6-18-36(19-7-1)41-30-42(37-20-8-2-9-21-37)32-43(31-41)44-33-45(54-56-49(38-22-10-3-11-23-38)51-50(57-54)47-28-16-17-29-48(47)61-51)35-46(34-44)55-59-52(39-24-12-4-13-25-39)58-53(60-55)40-26-14-5-15-27-40;1-44(2)45(3,4)51-46(50-44)40-29-38(37-26-35(31-17-9-5-10-18-31)25-36(27-37)32-19-11-6-12-20-32)28-39(30-40)43-48-41(33-21-13-7-14-22-33)47-42(49-43)34-23-15-8-16-24-34;17-16-18-13(10-6-2-1-3-7-10)15-14(19-16)11-8-4-5-9-12(11)20-15/h1-35H;5-30H,1-4H3;1-9H. The number of benzene rings is 16. The molecule has 0 aliphatic carbocycles. The van der Waals surface area contributed by atoms with Crippen molar-refractivity contribution >= 4 is 87.5 Å². The van der Waals surface area contributed by atoms with Crippen LogP contribution in [0.1, 0.15) is 27.7 Å². The van der Waals surface area contributed by atoms with Gasteiger partial charge in [0.05, 0.1) is 43.0 Å². The van der Waals surface area contributed by atoms with Crippen LogP contribution in [-0.2, 0) is 9.31 Å². The highest BCUT2D eigenvalue weighted by Gasteiger charge is 2.52. The highest BCUT2D eigenvalue weighted by Crippen LogP contribution is 2.46. The first-order valence-electron chi connectivity index (χ1n) is 43.8. The maximum Gasteiger partial charge on any atom is 0.494 e. The molecule has 0 unspecified atom stereocenters. The molecular formula is C116H82BClN10O2S2. The van der Waals surface area contributed by atoms with Crippen molar-refractivity contribution in [2.45, 2.75) is 38.9 Å². The number of hydrogen-bond acceptors (Lipinski definition) is 14. The number of aromatic nitrogens is 10. The van der Waals surface area contributed by atoms with E-state index in [-0.39, 0.29) is 0 Å². The van der Waals surface area contributed by atoms with Gasteiger partial charge >= 0.3 is 7.12 Å². The van der Waals surface area contributed by atoms with E-state index in [1.807, 2.05) is 182 Å². The maximum atomic E-state index is 6.63. The predicted molar refractivity (Wildman–Crippen MR) is 545 cm³/mol. The Kier molecular flexibility index (Phi) is 23.1. The van der Waals surface area contributed by atoms with Crippen LogP contribution in [0.15, 0.2) is 425 Å². The fourth-order valence-corrected chi connectivity index (χ4v) is 19.1. The quantitative estimate of drug-likeness (QED) is 0.0670. The van der Waals surface area contributed by atoms with Crippen molar-refractivity contribution in [2.75, 3.05) is 0 Å². The summed E-state index contributed by atoms with van der Waals surface area (Å²) in [7, 11) is -0.580. The summed E-state index contributed by atoms with van der Waals surface area (Å²) in [5.74, 6) is 4.18. The molecule has 1 fully saturated rings. The zero-order valence-corrected chi connectivity index (χ0v) is 74.9. The van der Waals surface area contributed by atoms with Crippen LogP contribution in [0, 0.1) is 0 Å². The van der Waals surface area contributed by atoms with Crippen LogP contribution < -0.4 is 5.46 Å². The fourth-order valence-electron chi connectivity index (χ4n) is 16.6. The SMILES string of the molecule is CC1(C)OB(c2cc(-c3cc(-c4ccccc4)cc(-c4ccccc4)c3)cc(-c3nc(-c4ccccc4)nc(-c4ccccc4)n3)c2)OC1(C)C.Clc1nc(-c2ccccc2)c2sc3ccccc3c2n1.c1ccc(-c2cc(-c3ccccc3)cc(-c3cc(-c4nc(-c5ccccc5)nc(-c5ccccc5)n4)cc(-c4nc(-c5ccccc5)c5sc6ccccc6c5n4)c3)c2)cc1. The van der Waals surface area contributed by atoms with Crippen molar-refractivity contribution in [3.8, 4) is 169 Å². The number of halogens is 1. The van der Waals surface area contributed by atoms with Gasteiger partial charge in [0.25, 0.3) is 0 Å². The molecule has 0 spiro atoms. The topological polar surface area (TPSA) is 147 Å². The monoisotopic (exact) mass is 1760 g/mol. The molecule has 12 nitrogen and oxygen atoms in total. The van der Waals surface area contributed by atoms with Crippen LogP contribution in [0.3, 0.4) is 0 Å². The second-order valence-corrected chi connectivity index (χ2v) is 35.8. The van der Waals surface area contributed by atoms with Crippen LogP contribution in [0.25, 0.3) is 210 Å². The second-order valence-electron chi connectivity index (χ2n) is 33.4. The summed E-state index contributed by atoms with van der Waals surface area (Å²) >= 11 is 9.55. The number of nitrogens with zero attached hydrogens (tertiary/aromatic N) is 10. The lowest BCUT2D eigenvalue weighted by Gasteiger charge is -2.32. The molecule has 7 heterocycles. The third kappa shape index (κ3) is 17.6. The van der Waals surface area contributed by atoms with Crippen molar-refractivity contribution < 1.29 is 9.31 Å². The molecule has 23 rings (SSSR count). The normalized spacial score (nSPS) is 12.6. The largest absolute Gasteiger partial charge is 0.494 e. The summed E-state index contributed by atoms with van der Waals surface area (Å²) in [4.78, 5) is 50.1. The molecule has 630 valence electrons. The van der Waals surface area contributed by atoms with Gasteiger partial charge in [-0.05, 0) is 184 Å². The minimum Gasteiger partial charge on any atom is -0.399 e. The molecule has 0 bridgehead atoms. The molecule has 0 N–H and O–H groups in total. The van der Waals surface area contributed by atoms with Gasteiger partial charge in [-0.3, -0.25) is 0 Å². The first-order chi connectivity index (χ1) is 64.7. The van der Waals surface area contributed by atoms with Crippen molar-refractivity contribution in [2.24, 2.45) is 0 Å². The average Bonchev–Trinajstić information content (AvgIpc) is 1.60. The zero-order chi connectivity index (χ0) is 89.1. The highest BCUT2D eigenvalue weighted by atomic mass is 35.5. The van der Waals surface area contributed by atoms with Crippen molar-refractivity contribution in [1.29, 1.82) is 0 Å². The fraction of sp³-hybridized carbons (Fsp3) is 0.0517. The Bertz CT molecular complexity index is 7420. The lowest BCUT2D eigenvalue weighted by Crippen LogP contribution is -2.41. The lowest BCUT2D eigenvalue weighted by atomic mass is 9.76. The van der Waals surface area contributed by atoms with Crippen molar-refractivity contribution in [3.05, 3.63) is 430 Å². The second kappa shape index (κ2) is 36.5. The van der Waals surface area contributed by atoms with Crippen molar-refractivity contribution in [3.63, 3.8) is 0 Å². The van der Waals surface area contributed by atoms with E-state index in [2.05, 4.69) is 280 Å². The molecule has 0 saturated carbocycles. The zero-order valence-electron chi connectivity index (χ0n) is 72.5. The summed E-state index contributed by atoms with van der Waals surface area (Å²) in [6, 6.07) is 146.